The first kappa shape index (κ1) is 20.4. The van der Waals surface area contributed by atoms with E-state index in [-0.39, 0.29) is 36.6 Å². The maximum Gasteiger partial charge on any atom is 3.00 e. The first-order chi connectivity index (χ1) is 10.3. The Balaban J connectivity index is 0.000000960. The average Bonchev–Trinajstić information content (AvgIpc) is 3.13. The van der Waals surface area contributed by atoms with Crippen molar-refractivity contribution >= 4 is 17.2 Å². The smallest absolute Gasteiger partial charge is 0.358 e. The Kier molecular flexibility index (Phi) is 6.78. The van der Waals surface area contributed by atoms with Crippen molar-refractivity contribution in [1.82, 2.24) is 0 Å². The van der Waals surface area contributed by atoms with Crippen molar-refractivity contribution in [3.8, 4) is 0 Å². The summed E-state index contributed by atoms with van der Waals surface area (Å²) < 4.78 is 0. The Morgan fingerprint density at radius 2 is 1.71 bits per heavy atom. The molecule has 0 N–H and O–H groups in total. The Labute approximate surface area is 160 Å². The van der Waals surface area contributed by atoms with Crippen LogP contribution in [0.15, 0.2) is 54.6 Å². The van der Waals surface area contributed by atoms with Crippen LogP contribution in [-0.2, 0) is 21.7 Å². The van der Waals surface area contributed by atoms with Gasteiger partial charge in [-0.25, -0.2) is 0 Å². The number of hydrogen-bond donors (Lipinski definition) is 0. The van der Waals surface area contributed by atoms with Gasteiger partial charge in [-0.1, -0.05) is 70.5 Å². The number of fused-ring (bicyclic) bond motifs is 2. The van der Waals surface area contributed by atoms with Gasteiger partial charge in [0.1, 0.15) is 0 Å². The average molecular weight is 347 g/mol. The minimum absolute atomic E-state index is 0. The fourth-order valence-corrected chi connectivity index (χ4v) is 3.30. The van der Waals surface area contributed by atoms with Crippen molar-refractivity contribution in [2.75, 3.05) is 0 Å². The molecular weight excluding hydrogens is 324 g/mol. The van der Waals surface area contributed by atoms with Crippen LogP contribution in [0.5, 0.6) is 0 Å². The molecule has 119 valence electrons. The van der Waals surface area contributed by atoms with Gasteiger partial charge in [0, 0.05) is 0 Å². The van der Waals surface area contributed by atoms with Gasteiger partial charge in [0.2, 0.25) is 0 Å². The van der Waals surface area contributed by atoms with Crippen LogP contribution in [-0.4, -0.2) is 0 Å². The van der Waals surface area contributed by atoms with Gasteiger partial charge in [0.25, 0.3) is 0 Å². The van der Waals surface area contributed by atoms with E-state index < -0.39 is 0 Å². The third kappa shape index (κ3) is 3.14. The van der Waals surface area contributed by atoms with E-state index in [1.807, 2.05) is 0 Å². The van der Waals surface area contributed by atoms with Gasteiger partial charge in [-0.3, -0.25) is 0 Å². The van der Waals surface area contributed by atoms with E-state index in [1.54, 1.807) is 0 Å². The van der Waals surface area contributed by atoms with Crippen LogP contribution in [0.25, 0.3) is 17.2 Å². The fraction of sp³-hybridized carbons (Fsp3) is 0.130. The van der Waals surface area contributed by atoms with Crippen molar-refractivity contribution in [3.63, 3.8) is 0 Å². The molecule has 0 heterocycles. The van der Waals surface area contributed by atoms with E-state index in [0.29, 0.717) is 0 Å². The predicted octanol–water partition coefficient (Wildman–Crippen LogP) is 4.42. The molecule has 0 atom stereocenters. The Morgan fingerprint density at radius 3 is 2.38 bits per heavy atom. The van der Waals surface area contributed by atoms with Crippen molar-refractivity contribution < 1.29 is 21.7 Å². The second-order valence-electron chi connectivity index (χ2n) is 5.91. The molecule has 0 bridgehead atoms. The largest absolute Gasteiger partial charge is 3.00 e. The molecule has 2 aromatic carbocycles. The van der Waals surface area contributed by atoms with Gasteiger partial charge in [-0.15, -0.1) is 33.4 Å². The molecule has 2 aliphatic carbocycles. The maximum atomic E-state index is 3.64. The summed E-state index contributed by atoms with van der Waals surface area (Å²) in [7, 11) is 0. The van der Waals surface area contributed by atoms with Crippen molar-refractivity contribution in [3.05, 3.63) is 101 Å². The molecule has 2 aliphatic rings. The molecule has 0 aliphatic heterocycles. The number of benzene rings is 2. The summed E-state index contributed by atoms with van der Waals surface area (Å²) >= 11 is 0. The Hall–Kier alpha value is -1.63. The van der Waals surface area contributed by atoms with Crippen LogP contribution in [0.1, 0.15) is 31.4 Å². The fourth-order valence-electron chi connectivity index (χ4n) is 3.30. The molecule has 1 heteroatoms. The van der Waals surface area contributed by atoms with Crippen LogP contribution in [0.4, 0.5) is 0 Å². The Bertz CT molecular complexity index is 1020. The summed E-state index contributed by atoms with van der Waals surface area (Å²) in [4.78, 5) is 0. The van der Waals surface area contributed by atoms with E-state index in [0.717, 1.165) is 6.42 Å². The van der Waals surface area contributed by atoms with Crippen molar-refractivity contribution in [1.29, 1.82) is 0 Å². The zero-order valence-electron chi connectivity index (χ0n) is 14.9. The molecule has 0 fully saturated rings. The van der Waals surface area contributed by atoms with Crippen LogP contribution in [0.2, 0.25) is 0 Å². The van der Waals surface area contributed by atoms with E-state index >= 15 is 0 Å². The van der Waals surface area contributed by atoms with Crippen molar-refractivity contribution in [2.45, 2.75) is 20.3 Å². The van der Waals surface area contributed by atoms with Gasteiger partial charge in [-0.2, -0.15) is 0 Å². The van der Waals surface area contributed by atoms with Crippen molar-refractivity contribution in [2.24, 2.45) is 0 Å². The molecule has 0 nitrogen and oxygen atoms in total. The van der Waals surface area contributed by atoms with Gasteiger partial charge < -0.3 is 14.9 Å². The molecule has 2 aromatic rings. The molecule has 0 amide bonds. The molecule has 0 unspecified atom stereocenters. The molecule has 0 aromatic heterocycles. The summed E-state index contributed by atoms with van der Waals surface area (Å²) in [6, 6.07) is 13.1. The second kappa shape index (κ2) is 7.97. The minimum atomic E-state index is 0. The van der Waals surface area contributed by atoms with Crippen LogP contribution in [0.3, 0.4) is 0 Å². The van der Waals surface area contributed by atoms with Gasteiger partial charge in [0.15, 0.2) is 0 Å². The second-order valence-corrected chi connectivity index (χ2v) is 5.91. The van der Waals surface area contributed by atoms with Crippen LogP contribution in [0, 0.1) is 25.3 Å². The maximum absolute atomic E-state index is 3.64. The normalized spacial score (nSPS) is 12.7. The molecule has 0 saturated heterocycles. The number of allylic oxidation sites excluding steroid dienone is 4. The van der Waals surface area contributed by atoms with E-state index in [4.69, 9.17) is 0 Å². The summed E-state index contributed by atoms with van der Waals surface area (Å²) in [5, 5.41) is 5.19. The molecule has 1 radical (unpaired) electrons. The SMILES string of the molecule is CC(C)=c1ccc2c(c1C1=CC=CC1)[C-]=c1ccccc1=2.[CH3-].[CH3-].[Ti+3]. The number of rotatable bonds is 1. The topological polar surface area (TPSA) is 0 Å². The first-order valence-corrected chi connectivity index (χ1v) is 7.46. The molecule has 0 spiro atoms. The van der Waals surface area contributed by atoms with E-state index in [2.05, 4.69) is 74.5 Å². The summed E-state index contributed by atoms with van der Waals surface area (Å²) in [5.74, 6) is 0. The van der Waals surface area contributed by atoms with E-state index in [1.165, 1.54) is 43.1 Å². The third-order valence-corrected chi connectivity index (χ3v) is 4.31. The van der Waals surface area contributed by atoms with Crippen LogP contribution >= 0.6 is 0 Å². The summed E-state index contributed by atoms with van der Waals surface area (Å²) in [6.07, 6.45) is 11.3. The monoisotopic (exact) mass is 347 g/mol. The zero-order chi connectivity index (χ0) is 14.4. The first-order valence-electron chi connectivity index (χ1n) is 7.46. The van der Waals surface area contributed by atoms with Gasteiger partial charge >= 0.3 is 21.7 Å². The standard InChI is InChI=1S/C21H17.2CH3.Ti/c1-14(2)17-11-12-19-18-10-6-5-9-16(18)13-20(19)21(17)15-7-3-4-8-15;;;/h3-7,9-12H,8H2,1-2H3;2*1H3;/q3*-1;+3. The molecule has 24 heavy (non-hydrogen) atoms. The molecular formula is C23H23Ti. The molecule has 4 rings (SSSR count). The van der Waals surface area contributed by atoms with Crippen LogP contribution < -0.4 is 10.4 Å². The third-order valence-electron chi connectivity index (χ3n) is 4.31. The van der Waals surface area contributed by atoms with Gasteiger partial charge in [0.05, 0.1) is 0 Å². The Morgan fingerprint density at radius 1 is 0.958 bits per heavy atom. The van der Waals surface area contributed by atoms with Gasteiger partial charge in [-0.05, 0) is 20.3 Å². The predicted molar refractivity (Wildman–Crippen MR) is 102 cm³/mol. The number of hydrogen-bond acceptors (Lipinski definition) is 0. The zero-order valence-corrected chi connectivity index (χ0v) is 16.5. The molecule has 0 saturated carbocycles. The minimum Gasteiger partial charge on any atom is -0.358 e. The quantitative estimate of drug-likeness (QED) is 0.451. The van der Waals surface area contributed by atoms with E-state index in [9.17, 15) is 0 Å². The summed E-state index contributed by atoms with van der Waals surface area (Å²) in [5.41, 5.74) is 5.40. The summed E-state index contributed by atoms with van der Waals surface area (Å²) in [6.45, 7) is 4.38.